The van der Waals surface area contributed by atoms with Gasteiger partial charge in [-0.15, -0.1) is 0 Å². The van der Waals surface area contributed by atoms with Crippen molar-refractivity contribution in [2.24, 2.45) is 0 Å². The summed E-state index contributed by atoms with van der Waals surface area (Å²) in [5.41, 5.74) is 1.93. The molecule has 0 unspecified atom stereocenters. The molecule has 0 radical (unpaired) electrons. The van der Waals surface area contributed by atoms with E-state index < -0.39 is 10.0 Å². The Hall–Kier alpha value is -2.19. The maximum absolute atomic E-state index is 12.2. The first-order valence-electron chi connectivity index (χ1n) is 7.22. The normalized spacial score (nSPS) is 11.4. The van der Waals surface area contributed by atoms with Crippen molar-refractivity contribution in [3.8, 4) is 0 Å². The SMILES string of the molecule is Cc1n[nH]c(C)c1S(=O)(=O)NCC(=O)NCCc1ccccc1. The van der Waals surface area contributed by atoms with E-state index in [1.165, 1.54) is 0 Å². The van der Waals surface area contributed by atoms with Crippen molar-refractivity contribution in [2.45, 2.75) is 25.2 Å². The molecule has 1 aromatic heterocycles. The molecule has 0 bridgehead atoms. The summed E-state index contributed by atoms with van der Waals surface area (Å²) >= 11 is 0. The Balaban J connectivity index is 1.82. The number of H-pyrrole nitrogens is 1. The second-order valence-electron chi connectivity index (χ2n) is 5.17. The van der Waals surface area contributed by atoms with Gasteiger partial charge in [-0.3, -0.25) is 9.89 Å². The molecule has 8 heteroatoms. The molecule has 1 aromatic carbocycles. The van der Waals surface area contributed by atoms with Gasteiger partial charge in [-0.25, -0.2) is 13.1 Å². The number of carbonyl (C=O) groups is 1. The quantitative estimate of drug-likeness (QED) is 0.691. The van der Waals surface area contributed by atoms with Crippen molar-refractivity contribution in [1.29, 1.82) is 0 Å². The second-order valence-corrected chi connectivity index (χ2v) is 6.88. The van der Waals surface area contributed by atoms with E-state index in [0.717, 1.165) is 5.56 Å². The Kier molecular flexibility index (Phi) is 5.51. The van der Waals surface area contributed by atoms with Crippen LogP contribution in [0.4, 0.5) is 0 Å². The minimum atomic E-state index is -3.76. The van der Waals surface area contributed by atoms with Crippen LogP contribution in [-0.4, -0.2) is 37.6 Å². The summed E-state index contributed by atoms with van der Waals surface area (Å²) in [6.45, 7) is 3.36. The van der Waals surface area contributed by atoms with Crippen LogP contribution in [0.3, 0.4) is 0 Å². The fraction of sp³-hybridized carbons (Fsp3) is 0.333. The summed E-state index contributed by atoms with van der Waals surface area (Å²) in [7, 11) is -3.76. The van der Waals surface area contributed by atoms with Gasteiger partial charge in [0.15, 0.2) is 0 Å². The molecule has 0 spiro atoms. The van der Waals surface area contributed by atoms with E-state index in [4.69, 9.17) is 0 Å². The maximum atomic E-state index is 12.2. The summed E-state index contributed by atoms with van der Waals surface area (Å²) < 4.78 is 26.7. The van der Waals surface area contributed by atoms with Crippen LogP contribution < -0.4 is 10.0 Å². The number of aromatic nitrogens is 2. The molecule has 2 rings (SSSR count). The van der Waals surface area contributed by atoms with Crippen LogP contribution >= 0.6 is 0 Å². The minimum absolute atomic E-state index is 0.0922. The molecule has 0 saturated heterocycles. The van der Waals surface area contributed by atoms with Crippen LogP contribution in [-0.2, 0) is 21.2 Å². The van der Waals surface area contributed by atoms with Gasteiger partial charge in [-0.2, -0.15) is 5.10 Å². The Morgan fingerprint density at radius 2 is 1.91 bits per heavy atom. The number of carbonyl (C=O) groups excluding carboxylic acids is 1. The zero-order valence-corrected chi connectivity index (χ0v) is 13.9. The number of aromatic amines is 1. The zero-order chi connectivity index (χ0) is 16.9. The zero-order valence-electron chi connectivity index (χ0n) is 13.1. The molecular formula is C15H20N4O3S. The fourth-order valence-electron chi connectivity index (χ4n) is 2.22. The van der Waals surface area contributed by atoms with Gasteiger partial charge in [0.2, 0.25) is 15.9 Å². The lowest BCUT2D eigenvalue weighted by Gasteiger charge is -2.08. The van der Waals surface area contributed by atoms with E-state index in [0.29, 0.717) is 24.4 Å². The second kappa shape index (κ2) is 7.38. The summed E-state index contributed by atoms with van der Waals surface area (Å²) in [6, 6.07) is 9.73. The lowest BCUT2D eigenvalue weighted by Crippen LogP contribution is -2.37. The van der Waals surface area contributed by atoms with Crippen molar-refractivity contribution in [3.05, 3.63) is 47.3 Å². The van der Waals surface area contributed by atoms with Crippen LogP contribution in [0.25, 0.3) is 0 Å². The number of aryl methyl sites for hydroxylation is 2. The molecule has 2 aromatic rings. The largest absolute Gasteiger partial charge is 0.355 e. The molecule has 0 fully saturated rings. The number of nitrogens with one attached hydrogen (secondary N) is 3. The van der Waals surface area contributed by atoms with Gasteiger partial charge in [0.05, 0.1) is 17.9 Å². The average Bonchev–Trinajstić information content (AvgIpc) is 2.86. The molecule has 0 saturated carbocycles. The first-order chi connectivity index (χ1) is 10.9. The van der Waals surface area contributed by atoms with Crippen LogP contribution in [0, 0.1) is 13.8 Å². The van der Waals surface area contributed by atoms with Crippen molar-refractivity contribution < 1.29 is 13.2 Å². The smallest absolute Gasteiger partial charge is 0.244 e. The molecular weight excluding hydrogens is 316 g/mol. The highest BCUT2D eigenvalue weighted by molar-refractivity contribution is 7.89. The van der Waals surface area contributed by atoms with E-state index in [1.807, 2.05) is 30.3 Å². The van der Waals surface area contributed by atoms with Crippen molar-refractivity contribution in [1.82, 2.24) is 20.2 Å². The van der Waals surface area contributed by atoms with Gasteiger partial charge < -0.3 is 5.32 Å². The van der Waals surface area contributed by atoms with Crippen molar-refractivity contribution in [2.75, 3.05) is 13.1 Å². The highest BCUT2D eigenvalue weighted by Gasteiger charge is 2.22. The Morgan fingerprint density at radius 1 is 1.22 bits per heavy atom. The lowest BCUT2D eigenvalue weighted by atomic mass is 10.1. The van der Waals surface area contributed by atoms with Gasteiger partial charge in [0.1, 0.15) is 4.90 Å². The predicted octanol–water partition coefficient (Wildman–Crippen LogP) is 0.664. The fourth-order valence-corrected chi connectivity index (χ4v) is 3.57. The first-order valence-corrected chi connectivity index (χ1v) is 8.70. The lowest BCUT2D eigenvalue weighted by molar-refractivity contribution is -0.119. The third-order valence-electron chi connectivity index (χ3n) is 3.33. The van der Waals surface area contributed by atoms with E-state index in [1.54, 1.807) is 13.8 Å². The van der Waals surface area contributed by atoms with E-state index in [9.17, 15) is 13.2 Å². The molecule has 7 nitrogen and oxygen atoms in total. The number of rotatable bonds is 7. The molecule has 124 valence electrons. The number of benzene rings is 1. The first kappa shape index (κ1) is 17.2. The number of hydrogen-bond donors (Lipinski definition) is 3. The third-order valence-corrected chi connectivity index (χ3v) is 4.99. The third kappa shape index (κ3) is 4.64. The summed E-state index contributed by atoms with van der Waals surface area (Å²) in [5, 5.41) is 9.15. The maximum Gasteiger partial charge on any atom is 0.244 e. The standard InChI is InChI=1S/C15H20N4O3S/c1-11-15(12(2)19-18-11)23(21,22)17-10-14(20)16-9-8-13-6-4-3-5-7-13/h3-7,17H,8-10H2,1-2H3,(H,16,20)(H,18,19). The highest BCUT2D eigenvalue weighted by Crippen LogP contribution is 2.15. The topological polar surface area (TPSA) is 104 Å². The van der Waals surface area contributed by atoms with E-state index >= 15 is 0 Å². The summed E-state index contributed by atoms with van der Waals surface area (Å²) in [5.74, 6) is -0.372. The number of amides is 1. The van der Waals surface area contributed by atoms with Crippen molar-refractivity contribution in [3.63, 3.8) is 0 Å². The predicted molar refractivity (Wildman–Crippen MR) is 86.4 cm³/mol. The Morgan fingerprint density at radius 3 is 2.52 bits per heavy atom. The average molecular weight is 336 g/mol. The number of nitrogens with zero attached hydrogens (tertiary/aromatic N) is 1. The minimum Gasteiger partial charge on any atom is -0.355 e. The van der Waals surface area contributed by atoms with Crippen LogP contribution in [0.2, 0.25) is 0 Å². The van der Waals surface area contributed by atoms with Crippen molar-refractivity contribution >= 4 is 15.9 Å². The molecule has 1 amide bonds. The highest BCUT2D eigenvalue weighted by atomic mass is 32.2. The monoisotopic (exact) mass is 336 g/mol. The van der Waals surface area contributed by atoms with E-state index in [2.05, 4.69) is 20.2 Å². The molecule has 0 aliphatic heterocycles. The van der Waals surface area contributed by atoms with Crippen LogP contribution in [0.15, 0.2) is 35.2 Å². The molecule has 0 aliphatic carbocycles. The Bertz CT molecular complexity index is 750. The molecule has 3 N–H and O–H groups in total. The summed E-state index contributed by atoms with van der Waals surface area (Å²) in [6.07, 6.45) is 0.694. The van der Waals surface area contributed by atoms with Gasteiger partial charge >= 0.3 is 0 Å². The van der Waals surface area contributed by atoms with Gasteiger partial charge in [0, 0.05) is 6.54 Å². The van der Waals surface area contributed by atoms with Crippen LogP contribution in [0.5, 0.6) is 0 Å². The number of sulfonamides is 1. The van der Waals surface area contributed by atoms with E-state index in [-0.39, 0.29) is 17.3 Å². The molecule has 1 heterocycles. The molecule has 0 atom stereocenters. The van der Waals surface area contributed by atoms with Gasteiger partial charge in [0.25, 0.3) is 0 Å². The van der Waals surface area contributed by atoms with Gasteiger partial charge in [-0.05, 0) is 25.8 Å². The van der Waals surface area contributed by atoms with Gasteiger partial charge in [-0.1, -0.05) is 30.3 Å². The van der Waals surface area contributed by atoms with Crippen LogP contribution in [0.1, 0.15) is 17.0 Å². The molecule has 0 aliphatic rings. The number of hydrogen-bond acceptors (Lipinski definition) is 4. The Labute approximate surface area is 135 Å². The molecule has 23 heavy (non-hydrogen) atoms. The summed E-state index contributed by atoms with van der Waals surface area (Å²) in [4.78, 5) is 11.9.